The van der Waals surface area contributed by atoms with Crippen molar-refractivity contribution in [2.45, 2.75) is 19.4 Å². The number of aromatic nitrogens is 5. The summed E-state index contributed by atoms with van der Waals surface area (Å²) >= 11 is 0. The maximum absolute atomic E-state index is 14.1. The van der Waals surface area contributed by atoms with Gasteiger partial charge in [-0.05, 0) is 30.3 Å². The van der Waals surface area contributed by atoms with Crippen LogP contribution in [0.2, 0.25) is 0 Å². The number of benzene rings is 1. The van der Waals surface area contributed by atoms with Crippen molar-refractivity contribution in [3.8, 4) is 11.4 Å². The molecule has 0 aliphatic heterocycles. The average molecular weight is 339 g/mol. The Balaban J connectivity index is 1.65. The van der Waals surface area contributed by atoms with Crippen LogP contribution in [-0.4, -0.2) is 24.5 Å². The van der Waals surface area contributed by atoms with Crippen molar-refractivity contribution in [2.24, 2.45) is 0 Å². The summed E-state index contributed by atoms with van der Waals surface area (Å²) in [5.74, 6) is 0.182. The summed E-state index contributed by atoms with van der Waals surface area (Å²) < 4.78 is 29.4. The first-order valence-electron chi connectivity index (χ1n) is 7.89. The smallest absolute Gasteiger partial charge is 0.177 e. The molecular weight excluding hydrogens is 324 g/mol. The number of rotatable bonds is 4. The minimum Gasteiger partial charge on any atom is -0.340 e. The van der Waals surface area contributed by atoms with Crippen molar-refractivity contribution in [3.63, 3.8) is 0 Å². The van der Waals surface area contributed by atoms with Gasteiger partial charge in [0, 0.05) is 31.1 Å². The van der Waals surface area contributed by atoms with Crippen molar-refractivity contribution in [1.29, 1.82) is 0 Å². The molecule has 0 radical (unpaired) electrons. The van der Waals surface area contributed by atoms with Crippen LogP contribution >= 0.6 is 0 Å². The summed E-state index contributed by atoms with van der Waals surface area (Å²) in [6.07, 6.45) is 5.02. The van der Waals surface area contributed by atoms with E-state index in [1.807, 2.05) is 19.1 Å². The van der Waals surface area contributed by atoms with Crippen LogP contribution < -0.4 is 0 Å². The van der Waals surface area contributed by atoms with E-state index in [-0.39, 0.29) is 11.5 Å². The van der Waals surface area contributed by atoms with E-state index in [1.165, 1.54) is 0 Å². The number of nitrogens with zero attached hydrogens (tertiary/aromatic N) is 4. The lowest BCUT2D eigenvalue weighted by Gasteiger charge is -2.13. The maximum Gasteiger partial charge on any atom is 0.177 e. The van der Waals surface area contributed by atoms with Gasteiger partial charge in [-0.3, -0.25) is 0 Å². The quantitative estimate of drug-likeness (QED) is 0.613. The highest BCUT2D eigenvalue weighted by molar-refractivity contribution is 5.70. The van der Waals surface area contributed by atoms with Gasteiger partial charge in [0.25, 0.3) is 0 Å². The average Bonchev–Trinajstić information content (AvgIpc) is 3.23. The van der Waals surface area contributed by atoms with E-state index < -0.39 is 11.6 Å². The molecule has 0 aliphatic carbocycles. The number of H-pyrrole nitrogens is 1. The largest absolute Gasteiger partial charge is 0.340 e. The SMILES string of the molecule is CC(Cn1ccnc1-c1cc(F)ccc1F)c1nc2ncccc2[nH]1. The van der Waals surface area contributed by atoms with Gasteiger partial charge in [-0.1, -0.05) is 6.92 Å². The lowest BCUT2D eigenvalue weighted by Crippen LogP contribution is -2.09. The van der Waals surface area contributed by atoms with Gasteiger partial charge in [0.2, 0.25) is 0 Å². The summed E-state index contributed by atoms with van der Waals surface area (Å²) in [7, 11) is 0. The molecule has 0 aliphatic rings. The fourth-order valence-corrected chi connectivity index (χ4v) is 2.85. The Kier molecular flexibility index (Phi) is 3.76. The molecule has 0 amide bonds. The van der Waals surface area contributed by atoms with E-state index in [0.29, 0.717) is 18.0 Å². The van der Waals surface area contributed by atoms with Crippen molar-refractivity contribution in [3.05, 3.63) is 66.4 Å². The number of hydrogen-bond acceptors (Lipinski definition) is 3. The van der Waals surface area contributed by atoms with Crippen LogP contribution in [0.4, 0.5) is 8.78 Å². The van der Waals surface area contributed by atoms with Crippen LogP contribution in [0.1, 0.15) is 18.7 Å². The fourth-order valence-electron chi connectivity index (χ4n) is 2.85. The predicted molar refractivity (Wildman–Crippen MR) is 89.9 cm³/mol. The molecule has 0 bridgehead atoms. The van der Waals surface area contributed by atoms with Crippen LogP contribution in [0.3, 0.4) is 0 Å². The molecule has 3 aromatic heterocycles. The molecule has 1 aromatic carbocycles. The molecule has 0 spiro atoms. The lowest BCUT2D eigenvalue weighted by atomic mass is 10.1. The van der Waals surface area contributed by atoms with E-state index in [0.717, 1.165) is 29.5 Å². The minimum atomic E-state index is -0.505. The molecule has 25 heavy (non-hydrogen) atoms. The second kappa shape index (κ2) is 6.08. The first kappa shape index (κ1) is 15.4. The molecule has 0 saturated heterocycles. The van der Waals surface area contributed by atoms with Crippen molar-refractivity contribution in [2.75, 3.05) is 0 Å². The van der Waals surface area contributed by atoms with Crippen LogP contribution in [0.5, 0.6) is 0 Å². The predicted octanol–water partition coefficient (Wildman–Crippen LogP) is 3.90. The van der Waals surface area contributed by atoms with Gasteiger partial charge in [-0.15, -0.1) is 0 Å². The summed E-state index contributed by atoms with van der Waals surface area (Å²) in [6, 6.07) is 7.12. The molecule has 126 valence electrons. The van der Waals surface area contributed by atoms with Gasteiger partial charge >= 0.3 is 0 Å². The highest BCUT2D eigenvalue weighted by Crippen LogP contribution is 2.25. The molecular formula is C18H15F2N5. The first-order valence-corrected chi connectivity index (χ1v) is 7.89. The highest BCUT2D eigenvalue weighted by atomic mass is 19.1. The minimum absolute atomic E-state index is 0.0128. The Morgan fingerprint density at radius 1 is 1.16 bits per heavy atom. The zero-order chi connectivity index (χ0) is 17.4. The zero-order valence-electron chi connectivity index (χ0n) is 13.4. The number of halogens is 2. The van der Waals surface area contributed by atoms with E-state index in [4.69, 9.17) is 0 Å². The molecule has 1 unspecified atom stereocenters. The van der Waals surface area contributed by atoms with Crippen LogP contribution in [0.25, 0.3) is 22.6 Å². The molecule has 4 aromatic rings. The molecule has 1 N–H and O–H groups in total. The Morgan fingerprint density at radius 3 is 2.88 bits per heavy atom. The first-order chi connectivity index (χ1) is 12.1. The second-order valence-corrected chi connectivity index (χ2v) is 5.93. The van der Waals surface area contributed by atoms with Crippen LogP contribution in [-0.2, 0) is 6.54 Å². The second-order valence-electron chi connectivity index (χ2n) is 5.93. The third-order valence-electron chi connectivity index (χ3n) is 4.10. The third kappa shape index (κ3) is 2.88. The standard InChI is InChI=1S/C18H15F2N5/c1-11(16-23-15-3-2-6-21-17(15)24-16)10-25-8-7-22-18(25)13-9-12(19)4-5-14(13)20/h2-9,11H,10H2,1H3,(H,21,23,24). The van der Waals surface area contributed by atoms with Crippen molar-refractivity contribution >= 4 is 11.2 Å². The van der Waals surface area contributed by atoms with Gasteiger partial charge in [-0.25, -0.2) is 23.7 Å². The van der Waals surface area contributed by atoms with Crippen LogP contribution in [0, 0.1) is 11.6 Å². The lowest BCUT2D eigenvalue weighted by molar-refractivity contribution is 0.573. The Hall–Kier alpha value is -3.09. The number of hydrogen-bond donors (Lipinski definition) is 1. The monoisotopic (exact) mass is 339 g/mol. The molecule has 0 saturated carbocycles. The van der Waals surface area contributed by atoms with Gasteiger partial charge < -0.3 is 9.55 Å². The van der Waals surface area contributed by atoms with Gasteiger partial charge in [0.1, 0.15) is 23.3 Å². The number of pyridine rings is 1. The third-order valence-corrected chi connectivity index (χ3v) is 4.10. The van der Waals surface area contributed by atoms with Gasteiger partial charge in [-0.2, -0.15) is 0 Å². The highest BCUT2D eigenvalue weighted by Gasteiger charge is 2.17. The zero-order valence-corrected chi connectivity index (χ0v) is 13.4. The molecule has 4 rings (SSSR count). The summed E-state index contributed by atoms with van der Waals surface area (Å²) in [6.45, 7) is 2.52. The molecule has 5 nitrogen and oxygen atoms in total. The normalized spacial score (nSPS) is 12.6. The molecule has 1 atom stereocenters. The molecule has 0 fully saturated rings. The Labute approximate surface area is 142 Å². The Morgan fingerprint density at radius 2 is 2.04 bits per heavy atom. The number of aromatic amines is 1. The number of fused-ring (bicyclic) bond motifs is 1. The molecule has 7 heteroatoms. The summed E-state index contributed by atoms with van der Waals surface area (Å²) in [4.78, 5) is 16.1. The maximum atomic E-state index is 14.1. The Bertz CT molecular complexity index is 1000. The van der Waals surface area contributed by atoms with Crippen molar-refractivity contribution < 1.29 is 8.78 Å². The topological polar surface area (TPSA) is 59.4 Å². The van der Waals surface area contributed by atoms with Crippen LogP contribution in [0.15, 0.2) is 48.9 Å². The summed E-state index contributed by atoms with van der Waals surface area (Å²) in [5, 5.41) is 0. The van der Waals surface area contributed by atoms with E-state index in [9.17, 15) is 8.78 Å². The van der Waals surface area contributed by atoms with E-state index in [2.05, 4.69) is 19.9 Å². The van der Waals surface area contributed by atoms with Gasteiger partial charge in [0.05, 0.1) is 11.1 Å². The number of imidazole rings is 2. The summed E-state index contributed by atoms with van der Waals surface area (Å²) in [5.41, 5.74) is 1.67. The number of nitrogens with one attached hydrogen (secondary N) is 1. The van der Waals surface area contributed by atoms with E-state index >= 15 is 0 Å². The molecule has 3 heterocycles. The van der Waals surface area contributed by atoms with Gasteiger partial charge in [0.15, 0.2) is 5.65 Å². The van der Waals surface area contributed by atoms with Crippen molar-refractivity contribution in [1.82, 2.24) is 24.5 Å². The fraction of sp³-hybridized carbons (Fsp3) is 0.167. The van der Waals surface area contributed by atoms with E-state index in [1.54, 1.807) is 23.2 Å².